The molecule has 0 atom stereocenters. The molecule has 1 aromatic rings. The minimum atomic E-state index is -0.783. The maximum Gasteiger partial charge on any atom is 0.303 e. The normalized spacial score (nSPS) is 16.1. The fourth-order valence-corrected chi connectivity index (χ4v) is 3.55. The number of pyridine rings is 1. The van der Waals surface area contributed by atoms with Gasteiger partial charge < -0.3 is 5.11 Å². The minimum absolute atomic E-state index is 0.0668. The lowest BCUT2D eigenvalue weighted by Crippen LogP contribution is -2.11. The van der Waals surface area contributed by atoms with E-state index in [4.69, 9.17) is 5.11 Å². The van der Waals surface area contributed by atoms with E-state index in [-0.39, 0.29) is 17.5 Å². The van der Waals surface area contributed by atoms with Gasteiger partial charge in [0.2, 0.25) is 0 Å². The zero-order valence-electron chi connectivity index (χ0n) is 9.84. The molecule has 1 aromatic heterocycles. The maximum absolute atomic E-state index is 10.7. The van der Waals surface area contributed by atoms with Gasteiger partial charge in [0, 0.05) is 11.8 Å². The van der Waals surface area contributed by atoms with E-state index >= 15 is 0 Å². The first-order valence-electron chi connectivity index (χ1n) is 5.56. The van der Waals surface area contributed by atoms with Gasteiger partial charge >= 0.3 is 5.97 Å². The van der Waals surface area contributed by atoms with Crippen LogP contribution in [0.25, 0.3) is 0 Å². The molecule has 0 amide bonds. The van der Waals surface area contributed by atoms with Gasteiger partial charge in [-0.15, -0.1) is 11.8 Å². The molecule has 0 aromatic carbocycles. The highest BCUT2D eigenvalue weighted by atomic mass is 79.9. The van der Waals surface area contributed by atoms with Crippen LogP contribution in [0.1, 0.15) is 19.3 Å². The second-order valence-corrected chi connectivity index (χ2v) is 6.42. The third kappa shape index (κ3) is 3.66. The second kappa shape index (κ2) is 5.46. The Morgan fingerprint density at radius 2 is 2.32 bits per heavy atom. The van der Waals surface area contributed by atoms with Gasteiger partial charge in [0.05, 0.1) is 15.8 Å². The molecule has 1 N–H and O–H groups in total. The topological polar surface area (TPSA) is 93.3 Å². The molecule has 0 saturated heterocycles. The van der Waals surface area contributed by atoms with Crippen LogP contribution in [0.15, 0.2) is 21.8 Å². The van der Waals surface area contributed by atoms with Crippen molar-refractivity contribution in [1.82, 2.24) is 4.98 Å². The highest BCUT2D eigenvalue weighted by molar-refractivity contribution is 9.10. The van der Waals surface area contributed by atoms with E-state index < -0.39 is 10.9 Å². The van der Waals surface area contributed by atoms with Crippen molar-refractivity contribution in [1.29, 1.82) is 0 Å². The summed E-state index contributed by atoms with van der Waals surface area (Å²) in [6.07, 6.45) is 3.21. The number of nitro groups is 1. The maximum atomic E-state index is 10.7. The first-order chi connectivity index (χ1) is 8.92. The first-order valence-corrected chi connectivity index (χ1v) is 7.34. The van der Waals surface area contributed by atoms with E-state index in [0.29, 0.717) is 15.3 Å². The highest BCUT2D eigenvalue weighted by Crippen LogP contribution is 2.52. The number of hydrogen-bond acceptors (Lipinski definition) is 5. The number of carboxylic acid groups (broad SMARTS) is 1. The zero-order valence-corrected chi connectivity index (χ0v) is 12.2. The van der Waals surface area contributed by atoms with Gasteiger partial charge in [-0.05, 0) is 34.2 Å². The molecule has 1 saturated carbocycles. The number of rotatable bonds is 6. The molecule has 0 aliphatic heterocycles. The summed E-state index contributed by atoms with van der Waals surface area (Å²) < 4.78 is 0.567. The Bertz CT molecular complexity index is 533. The first kappa shape index (κ1) is 14.3. The summed E-state index contributed by atoms with van der Waals surface area (Å²) in [6.45, 7) is 0. The van der Waals surface area contributed by atoms with Crippen molar-refractivity contribution in [2.24, 2.45) is 5.41 Å². The molecule has 1 aliphatic rings. The van der Waals surface area contributed by atoms with Crippen molar-refractivity contribution in [2.45, 2.75) is 24.3 Å². The summed E-state index contributed by atoms with van der Waals surface area (Å²) in [5, 5.41) is 20.1. The lowest BCUT2D eigenvalue weighted by molar-refractivity contribution is -0.385. The predicted molar refractivity (Wildman–Crippen MR) is 73.2 cm³/mol. The quantitative estimate of drug-likeness (QED) is 0.483. The van der Waals surface area contributed by atoms with Crippen molar-refractivity contribution < 1.29 is 14.8 Å². The van der Waals surface area contributed by atoms with Crippen molar-refractivity contribution >= 4 is 39.3 Å². The van der Waals surface area contributed by atoms with Crippen LogP contribution in [0.5, 0.6) is 0 Å². The van der Waals surface area contributed by atoms with E-state index in [9.17, 15) is 14.9 Å². The Morgan fingerprint density at radius 1 is 1.63 bits per heavy atom. The number of hydrogen-bond donors (Lipinski definition) is 1. The van der Waals surface area contributed by atoms with Crippen LogP contribution in [-0.4, -0.2) is 26.7 Å². The molecule has 6 nitrogen and oxygen atoms in total. The summed E-state index contributed by atoms with van der Waals surface area (Å²) in [5.41, 5.74) is -0.192. The van der Waals surface area contributed by atoms with Gasteiger partial charge in [0.15, 0.2) is 0 Å². The molecule has 0 unspecified atom stereocenters. The zero-order chi connectivity index (χ0) is 14.0. The van der Waals surface area contributed by atoms with Crippen LogP contribution in [0, 0.1) is 15.5 Å². The van der Waals surface area contributed by atoms with Gasteiger partial charge in [-0.1, -0.05) is 0 Å². The smallest absolute Gasteiger partial charge is 0.303 e. The summed E-state index contributed by atoms with van der Waals surface area (Å²) in [5.74, 6) is -0.114. The van der Waals surface area contributed by atoms with E-state index in [0.717, 1.165) is 12.8 Å². The van der Waals surface area contributed by atoms with Crippen molar-refractivity contribution in [3.63, 3.8) is 0 Å². The van der Waals surface area contributed by atoms with Crippen LogP contribution < -0.4 is 0 Å². The van der Waals surface area contributed by atoms with Gasteiger partial charge in [-0.2, -0.15) is 0 Å². The third-order valence-electron chi connectivity index (χ3n) is 3.00. The average Bonchev–Trinajstić information content (AvgIpc) is 3.06. The van der Waals surface area contributed by atoms with Gasteiger partial charge in [-0.3, -0.25) is 14.9 Å². The third-order valence-corrected chi connectivity index (χ3v) is 5.22. The summed E-state index contributed by atoms with van der Waals surface area (Å²) in [6, 6.07) is 1.41. The Hall–Kier alpha value is -1.15. The SMILES string of the molecule is O=C(O)CC1(CSc2ncc([N+](=O)[O-])cc2Br)CC1. The van der Waals surface area contributed by atoms with Crippen molar-refractivity contribution in [3.8, 4) is 0 Å². The molecule has 1 fully saturated rings. The van der Waals surface area contributed by atoms with Crippen LogP contribution in [-0.2, 0) is 4.79 Å². The largest absolute Gasteiger partial charge is 0.481 e. The van der Waals surface area contributed by atoms with E-state index in [1.807, 2.05) is 0 Å². The number of thioether (sulfide) groups is 1. The van der Waals surface area contributed by atoms with Crippen LogP contribution in [0.2, 0.25) is 0 Å². The Balaban J connectivity index is 2.00. The predicted octanol–water partition coefficient (Wildman–Crippen LogP) is 3.10. The highest BCUT2D eigenvalue weighted by Gasteiger charge is 2.44. The summed E-state index contributed by atoms with van der Waals surface area (Å²) in [7, 11) is 0. The van der Waals surface area contributed by atoms with Crippen molar-refractivity contribution in [2.75, 3.05) is 5.75 Å². The molecule has 19 heavy (non-hydrogen) atoms. The minimum Gasteiger partial charge on any atom is -0.481 e. The Morgan fingerprint density at radius 3 is 2.79 bits per heavy atom. The number of halogens is 1. The van der Waals surface area contributed by atoms with E-state index in [1.54, 1.807) is 0 Å². The van der Waals surface area contributed by atoms with Crippen LogP contribution in [0.3, 0.4) is 0 Å². The molecule has 1 heterocycles. The summed E-state index contributed by atoms with van der Waals surface area (Å²) in [4.78, 5) is 24.9. The molecule has 0 bridgehead atoms. The fourth-order valence-electron chi connectivity index (χ4n) is 1.71. The van der Waals surface area contributed by atoms with Gasteiger partial charge in [0.1, 0.15) is 11.2 Å². The molecule has 2 rings (SSSR count). The number of carboxylic acids is 1. The molecule has 0 radical (unpaired) electrons. The lowest BCUT2D eigenvalue weighted by atomic mass is 10.1. The Labute approximate surface area is 121 Å². The van der Waals surface area contributed by atoms with E-state index in [1.165, 1.54) is 24.0 Å². The summed E-state index contributed by atoms with van der Waals surface area (Å²) >= 11 is 4.69. The number of nitrogens with zero attached hydrogens (tertiary/aromatic N) is 2. The molecule has 8 heteroatoms. The molecule has 0 spiro atoms. The number of aromatic nitrogens is 1. The molecule has 102 valence electrons. The number of carbonyl (C=O) groups is 1. The molecular weight excluding hydrogens is 336 g/mol. The number of aliphatic carboxylic acids is 1. The van der Waals surface area contributed by atoms with Gasteiger partial charge in [-0.25, -0.2) is 4.98 Å². The fraction of sp³-hybridized carbons (Fsp3) is 0.455. The van der Waals surface area contributed by atoms with E-state index in [2.05, 4.69) is 20.9 Å². The van der Waals surface area contributed by atoms with Crippen LogP contribution in [0.4, 0.5) is 5.69 Å². The second-order valence-electron chi connectivity index (χ2n) is 4.60. The van der Waals surface area contributed by atoms with Gasteiger partial charge in [0.25, 0.3) is 5.69 Å². The lowest BCUT2D eigenvalue weighted by Gasteiger charge is -2.11. The molecular formula is C11H11BrN2O4S. The average molecular weight is 347 g/mol. The monoisotopic (exact) mass is 346 g/mol. The van der Waals surface area contributed by atoms with Crippen LogP contribution >= 0.6 is 27.7 Å². The standard InChI is InChI=1S/C11H11BrN2O4S/c12-8-3-7(14(17)18)5-13-10(8)19-6-11(1-2-11)4-9(15)16/h3,5H,1-2,4,6H2,(H,15,16). The molecule has 1 aliphatic carbocycles. The van der Waals surface area contributed by atoms with Crippen molar-refractivity contribution in [3.05, 3.63) is 26.9 Å². The Kier molecular flexibility index (Phi) is 4.10.